The Morgan fingerprint density at radius 2 is 2.10 bits per heavy atom. The number of nitrogens with zero attached hydrogens (tertiary/aromatic N) is 3. The van der Waals surface area contributed by atoms with Crippen LogP contribution in [0.5, 0.6) is 0 Å². The fourth-order valence-corrected chi connectivity index (χ4v) is 4.42. The lowest BCUT2D eigenvalue weighted by atomic mass is 10.1. The van der Waals surface area contributed by atoms with Crippen LogP contribution in [0, 0.1) is 11.3 Å². The van der Waals surface area contributed by atoms with E-state index in [9.17, 15) is 14.0 Å². The number of hydrogen-bond donors (Lipinski definition) is 1. The maximum atomic E-state index is 13.0. The predicted molar refractivity (Wildman–Crippen MR) is 111 cm³/mol. The van der Waals surface area contributed by atoms with Crippen LogP contribution in [0.25, 0.3) is 10.9 Å². The molecule has 0 unspecified atom stereocenters. The van der Waals surface area contributed by atoms with Crippen LogP contribution >= 0.6 is 0 Å². The predicted octanol–water partition coefficient (Wildman–Crippen LogP) is 5.25. The maximum absolute atomic E-state index is 13.0. The van der Waals surface area contributed by atoms with Crippen molar-refractivity contribution in [3.8, 4) is 6.07 Å². The highest BCUT2D eigenvalue weighted by Crippen LogP contribution is 2.38. The van der Waals surface area contributed by atoms with E-state index >= 15 is 0 Å². The number of nitriles is 1. The Balaban J connectivity index is 1.97. The maximum Gasteiger partial charge on any atom is 0.242 e. The van der Waals surface area contributed by atoms with Gasteiger partial charge >= 0.3 is 0 Å². The van der Waals surface area contributed by atoms with Crippen LogP contribution in [0.3, 0.4) is 0 Å². The summed E-state index contributed by atoms with van der Waals surface area (Å²) < 4.78 is 28.1. The second kappa shape index (κ2) is 8.20. The molecule has 2 aromatic rings. The smallest absolute Gasteiger partial charge is 0.242 e. The lowest BCUT2D eigenvalue weighted by molar-refractivity contribution is 0.149. The Bertz CT molecular complexity index is 1050. The Morgan fingerprint density at radius 1 is 1.31 bits per heavy atom. The Labute approximate surface area is 169 Å². The molecule has 1 saturated carbocycles. The van der Waals surface area contributed by atoms with E-state index in [1.165, 1.54) is 0 Å². The highest BCUT2D eigenvalue weighted by atomic mass is 19.3. The number of nitrogens with one attached hydrogen (secondary N) is 1. The molecule has 2 heterocycles. The van der Waals surface area contributed by atoms with Gasteiger partial charge in [0.15, 0.2) is 0 Å². The van der Waals surface area contributed by atoms with Gasteiger partial charge in [0.05, 0.1) is 22.5 Å². The Morgan fingerprint density at radius 3 is 2.79 bits per heavy atom. The van der Waals surface area contributed by atoms with Crippen LogP contribution in [0.1, 0.15) is 55.0 Å². The van der Waals surface area contributed by atoms with Gasteiger partial charge in [-0.2, -0.15) is 5.26 Å². The molecule has 0 radical (unpaired) electrons. The molecule has 0 spiro atoms. The first-order valence-electron chi connectivity index (χ1n) is 10.1. The van der Waals surface area contributed by atoms with E-state index in [-0.39, 0.29) is 12.5 Å². The zero-order chi connectivity index (χ0) is 20.4. The van der Waals surface area contributed by atoms with Gasteiger partial charge in [0.25, 0.3) is 0 Å². The summed E-state index contributed by atoms with van der Waals surface area (Å²) in [6.45, 7) is 0. The zero-order valence-electron chi connectivity index (χ0n) is 16.5. The van der Waals surface area contributed by atoms with E-state index in [0.717, 1.165) is 60.1 Å². The first-order chi connectivity index (χ1) is 14.1. The SMILES string of the molecule is CNC1=CN=C(c2c(C#N)c3ccc(CC(F)F)cc3n2C2CCCC2)C=CC1. The van der Waals surface area contributed by atoms with Crippen LogP contribution in [-0.2, 0) is 6.42 Å². The first kappa shape index (κ1) is 19.4. The quantitative estimate of drug-likeness (QED) is 0.753. The van der Waals surface area contributed by atoms with Gasteiger partial charge in [0.2, 0.25) is 6.43 Å². The molecule has 1 N–H and O–H groups in total. The minimum absolute atomic E-state index is 0.253. The second-order valence-electron chi connectivity index (χ2n) is 7.62. The molecule has 1 aliphatic heterocycles. The van der Waals surface area contributed by atoms with Crippen molar-refractivity contribution >= 4 is 16.6 Å². The molecule has 0 amide bonds. The van der Waals surface area contributed by atoms with Gasteiger partial charge in [-0.1, -0.05) is 31.1 Å². The van der Waals surface area contributed by atoms with Gasteiger partial charge in [-0.25, -0.2) is 8.78 Å². The highest BCUT2D eigenvalue weighted by molar-refractivity contribution is 6.13. The lowest BCUT2D eigenvalue weighted by Crippen LogP contribution is -2.13. The summed E-state index contributed by atoms with van der Waals surface area (Å²) in [6.07, 6.45) is 8.18. The summed E-state index contributed by atoms with van der Waals surface area (Å²) in [7, 11) is 1.86. The van der Waals surface area contributed by atoms with Crippen molar-refractivity contribution in [3.63, 3.8) is 0 Å². The molecule has 4 rings (SSSR count). The number of halogens is 2. The number of aliphatic imine (C=N–C) groups is 1. The molecule has 1 aromatic heterocycles. The normalized spacial score (nSPS) is 17.3. The summed E-state index contributed by atoms with van der Waals surface area (Å²) in [5.41, 5.74) is 4.56. The van der Waals surface area contributed by atoms with Crippen LogP contribution < -0.4 is 5.32 Å². The summed E-state index contributed by atoms with van der Waals surface area (Å²) in [6, 6.07) is 7.98. The van der Waals surface area contributed by atoms with Gasteiger partial charge in [0, 0.05) is 43.2 Å². The molecule has 1 aromatic carbocycles. The Hall–Kier alpha value is -2.94. The van der Waals surface area contributed by atoms with Gasteiger partial charge in [-0.05, 0) is 30.5 Å². The fourth-order valence-electron chi connectivity index (χ4n) is 4.42. The summed E-state index contributed by atoms with van der Waals surface area (Å²) in [5, 5.41) is 13.9. The van der Waals surface area contributed by atoms with E-state index in [1.807, 2.05) is 31.3 Å². The highest BCUT2D eigenvalue weighted by Gasteiger charge is 2.27. The van der Waals surface area contributed by atoms with Crippen LogP contribution in [0.15, 0.2) is 47.2 Å². The third kappa shape index (κ3) is 3.69. The van der Waals surface area contributed by atoms with Gasteiger partial charge in [0.1, 0.15) is 6.07 Å². The van der Waals surface area contributed by atoms with Crippen LogP contribution in [-0.4, -0.2) is 23.8 Å². The number of alkyl halides is 2. The minimum atomic E-state index is -2.39. The number of rotatable bonds is 5. The molecule has 0 saturated heterocycles. The first-order valence-corrected chi connectivity index (χ1v) is 10.1. The van der Waals surface area contributed by atoms with E-state index in [4.69, 9.17) is 0 Å². The van der Waals surface area contributed by atoms with Crippen molar-refractivity contribution in [1.82, 2.24) is 9.88 Å². The van der Waals surface area contributed by atoms with Crippen molar-refractivity contribution in [1.29, 1.82) is 5.26 Å². The largest absolute Gasteiger partial charge is 0.390 e. The molecule has 0 atom stereocenters. The van der Waals surface area contributed by atoms with Crippen molar-refractivity contribution in [2.75, 3.05) is 7.05 Å². The third-order valence-electron chi connectivity index (χ3n) is 5.80. The molecule has 6 heteroatoms. The number of benzene rings is 1. The van der Waals surface area contributed by atoms with Crippen molar-refractivity contribution < 1.29 is 8.78 Å². The van der Waals surface area contributed by atoms with Gasteiger partial charge in [-0.15, -0.1) is 0 Å². The van der Waals surface area contributed by atoms with E-state index < -0.39 is 6.43 Å². The van der Waals surface area contributed by atoms with Crippen molar-refractivity contribution in [2.24, 2.45) is 4.99 Å². The number of fused-ring (bicyclic) bond motifs is 1. The average molecular weight is 394 g/mol. The van der Waals surface area contributed by atoms with E-state index in [1.54, 1.807) is 12.3 Å². The summed E-state index contributed by atoms with van der Waals surface area (Å²) in [5.74, 6) is 0. The van der Waals surface area contributed by atoms with Crippen LogP contribution in [0.2, 0.25) is 0 Å². The number of aromatic nitrogens is 1. The molecule has 1 aliphatic carbocycles. The number of hydrogen-bond acceptors (Lipinski definition) is 3. The summed E-state index contributed by atoms with van der Waals surface area (Å²) >= 11 is 0. The van der Waals surface area contributed by atoms with Gasteiger partial charge in [-0.3, -0.25) is 4.99 Å². The van der Waals surface area contributed by atoms with Crippen LogP contribution in [0.4, 0.5) is 8.78 Å². The molecule has 2 aliphatic rings. The zero-order valence-corrected chi connectivity index (χ0v) is 16.5. The number of allylic oxidation sites excluding steroid dienone is 2. The van der Waals surface area contributed by atoms with Crippen molar-refractivity contribution in [2.45, 2.75) is 51.0 Å². The summed E-state index contributed by atoms with van der Waals surface area (Å²) in [4.78, 5) is 4.67. The monoisotopic (exact) mass is 394 g/mol. The molecule has 29 heavy (non-hydrogen) atoms. The molecule has 0 bridgehead atoms. The molecule has 1 fully saturated rings. The van der Waals surface area contributed by atoms with Gasteiger partial charge < -0.3 is 9.88 Å². The minimum Gasteiger partial charge on any atom is -0.390 e. The lowest BCUT2D eigenvalue weighted by Gasteiger charge is -2.18. The second-order valence-corrected chi connectivity index (χ2v) is 7.62. The molecular weight excluding hydrogens is 370 g/mol. The third-order valence-corrected chi connectivity index (χ3v) is 5.80. The van der Waals surface area contributed by atoms with E-state index in [0.29, 0.717) is 11.1 Å². The molecular formula is C23H24F2N4. The van der Waals surface area contributed by atoms with E-state index in [2.05, 4.69) is 20.9 Å². The average Bonchev–Trinajstić information content (AvgIpc) is 3.26. The molecule has 4 nitrogen and oxygen atoms in total. The Kier molecular flexibility index (Phi) is 5.48. The topological polar surface area (TPSA) is 53.1 Å². The molecule has 150 valence electrons. The fraction of sp³-hybridized carbons (Fsp3) is 0.391. The van der Waals surface area contributed by atoms with Crippen molar-refractivity contribution in [3.05, 3.63) is 59.1 Å². The standard InChI is InChI=1S/C23H24F2N4/c1-27-16-5-4-8-20(28-14-16)23-19(13-26)18-10-9-15(12-22(24)25)11-21(18)29(23)17-6-2-3-7-17/h4,8-11,14,17,22,27H,2-3,5-7,12H2,1H3.